The van der Waals surface area contributed by atoms with Gasteiger partial charge in [0, 0.05) is 18.2 Å². The third kappa shape index (κ3) is 3.83. The Kier molecular flexibility index (Phi) is 4.97. The molecule has 0 spiro atoms. The van der Waals surface area contributed by atoms with E-state index in [1.165, 1.54) is 0 Å². The van der Waals surface area contributed by atoms with E-state index in [1.54, 1.807) is 11.9 Å². The lowest BCUT2D eigenvalue weighted by atomic mass is 10.0. The fourth-order valence-electron chi connectivity index (χ4n) is 2.95. The van der Waals surface area contributed by atoms with E-state index >= 15 is 0 Å². The molecule has 5 nitrogen and oxygen atoms in total. The Labute approximate surface area is 163 Å². The highest BCUT2D eigenvalue weighted by molar-refractivity contribution is 5.94. The summed E-state index contributed by atoms with van der Waals surface area (Å²) in [5.74, 6) is 0.818. The summed E-state index contributed by atoms with van der Waals surface area (Å²) < 4.78 is 5.30. The molecule has 4 aromatic rings. The molecule has 0 unspecified atom stereocenters. The Morgan fingerprint density at radius 1 is 0.821 bits per heavy atom. The molecule has 0 saturated carbocycles. The predicted octanol–water partition coefficient (Wildman–Crippen LogP) is 4.68. The van der Waals surface area contributed by atoms with Gasteiger partial charge in [0.2, 0.25) is 11.7 Å². The molecule has 0 saturated heterocycles. The summed E-state index contributed by atoms with van der Waals surface area (Å²) in [5, 5.41) is 3.99. The molecule has 0 radical (unpaired) electrons. The lowest BCUT2D eigenvalue weighted by Gasteiger charge is -2.15. The van der Waals surface area contributed by atoms with Crippen LogP contribution in [0.25, 0.3) is 22.5 Å². The van der Waals surface area contributed by atoms with Crippen LogP contribution >= 0.6 is 0 Å². The summed E-state index contributed by atoms with van der Waals surface area (Å²) in [4.78, 5) is 18.7. The number of rotatable bonds is 5. The van der Waals surface area contributed by atoms with Gasteiger partial charge in [0.05, 0.1) is 6.54 Å². The molecule has 0 N–H and O–H groups in total. The Morgan fingerprint density at radius 3 is 2.04 bits per heavy atom. The summed E-state index contributed by atoms with van der Waals surface area (Å²) in [5.41, 5.74) is 3.69. The summed E-state index contributed by atoms with van der Waals surface area (Å²) >= 11 is 0. The lowest BCUT2D eigenvalue weighted by molar-refractivity contribution is 0.0769. The molecule has 0 fully saturated rings. The predicted molar refractivity (Wildman–Crippen MR) is 107 cm³/mol. The molecule has 4 rings (SSSR count). The van der Waals surface area contributed by atoms with Crippen molar-refractivity contribution in [1.29, 1.82) is 0 Å². The number of nitrogens with zero attached hydrogens (tertiary/aromatic N) is 3. The number of amides is 1. The van der Waals surface area contributed by atoms with Crippen LogP contribution in [0.2, 0.25) is 0 Å². The van der Waals surface area contributed by atoms with Crippen LogP contribution in [0, 0.1) is 0 Å². The molecule has 5 heteroatoms. The van der Waals surface area contributed by atoms with Gasteiger partial charge in [0.15, 0.2) is 0 Å². The van der Waals surface area contributed by atoms with Crippen molar-refractivity contribution in [2.45, 2.75) is 6.54 Å². The van der Waals surface area contributed by atoms with E-state index in [9.17, 15) is 4.79 Å². The number of hydrogen-bond acceptors (Lipinski definition) is 4. The minimum atomic E-state index is -0.0981. The third-order valence-corrected chi connectivity index (χ3v) is 4.46. The topological polar surface area (TPSA) is 59.2 Å². The quantitative estimate of drug-likeness (QED) is 0.513. The fourth-order valence-corrected chi connectivity index (χ4v) is 2.95. The largest absolute Gasteiger partial charge is 0.337 e. The smallest absolute Gasteiger partial charge is 0.254 e. The minimum Gasteiger partial charge on any atom is -0.337 e. The van der Waals surface area contributed by atoms with Crippen LogP contribution < -0.4 is 0 Å². The first-order chi connectivity index (χ1) is 13.7. The second-order valence-electron chi connectivity index (χ2n) is 6.48. The van der Waals surface area contributed by atoms with E-state index in [-0.39, 0.29) is 12.5 Å². The molecule has 0 bridgehead atoms. The van der Waals surface area contributed by atoms with Crippen molar-refractivity contribution < 1.29 is 9.32 Å². The van der Waals surface area contributed by atoms with Crippen molar-refractivity contribution in [3.63, 3.8) is 0 Å². The zero-order chi connectivity index (χ0) is 19.3. The summed E-state index contributed by atoms with van der Waals surface area (Å²) in [6.45, 7) is 0.249. The van der Waals surface area contributed by atoms with Gasteiger partial charge in [-0.15, -0.1) is 0 Å². The highest BCUT2D eigenvalue weighted by Gasteiger charge is 2.16. The van der Waals surface area contributed by atoms with Crippen LogP contribution in [0.3, 0.4) is 0 Å². The molecule has 1 heterocycles. The Hall–Kier alpha value is -3.73. The Balaban J connectivity index is 1.44. The van der Waals surface area contributed by atoms with Gasteiger partial charge in [-0.2, -0.15) is 4.98 Å². The lowest BCUT2D eigenvalue weighted by Crippen LogP contribution is -2.26. The summed E-state index contributed by atoms with van der Waals surface area (Å²) in [7, 11) is 1.72. The highest BCUT2D eigenvalue weighted by atomic mass is 16.5. The molecule has 0 aliphatic carbocycles. The first kappa shape index (κ1) is 17.7. The maximum absolute atomic E-state index is 12.7. The van der Waals surface area contributed by atoms with E-state index in [4.69, 9.17) is 4.52 Å². The number of aromatic nitrogens is 2. The summed E-state index contributed by atoms with van der Waals surface area (Å²) in [6, 6.07) is 27.2. The van der Waals surface area contributed by atoms with Crippen LogP contribution in [0.5, 0.6) is 0 Å². The molecule has 1 aromatic heterocycles. The Bertz CT molecular complexity index is 1060. The van der Waals surface area contributed by atoms with Crippen molar-refractivity contribution in [2.24, 2.45) is 0 Å². The van der Waals surface area contributed by atoms with Gasteiger partial charge < -0.3 is 9.42 Å². The molecule has 28 heavy (non-hydrogen) atoms. The molecule has 138 valence electrons. The van der Waals surface area contributed by atoms with Crippen molar-refractivity contribution in [3.05, 3.63) is 96.4 Å². The number of hydrogen-bond donors (Lipinski definition) is 0. The molecule has 3 aromatic carbocycles. The zero-order valence-corrected chi connectivity index (χ0v) is 15.4. The first-order valence-electron chi connectivity index (χ1n) is 8.99. The monoisotopic (exact) mass is 369 g/mol. The number of benzene rings is 3. The zero-order valence-electron chi connectivity index (χ0n) is 15.4. The molecule has 1 amide bonds. The van der Waals surface area contributed by atoms with Crippen LogP contribution in [-0.4, -0.2) is 28.0 Å². The average Bonchev–Trinajstić information content (AvgIpc) is 3.23. The van der Waals surface area contributed by atoms with E-state index < -0.39 is 0 Å². The van der Waals surface area contributed by atoms with Crippen molar-refractivity contribution in [2.75, 3.05) is 7.05 Å². The van der Waals surface area contributed by atoms with Gasteiger partial charge in [0.25, 0.3) is 5.91 Å². The molecule has 0 aliphatic rings. The van der Waals surface area contributed by atoms with E-state index in [0.29, 0.717) is 17.3 Å². The summed E-state index contributed by atoms with van der Waals surface area (Å²) in [6.07, 6.45) is 0. The van der Waals surface area contributed by atoms with E-state index in [1.807, 2.05) is 84.9 Å². The molecular weight excluding hydrogens is 350 g/mol. The molecule has 0 atom stereocenters. The Morgan fingerprint density at radius 2 is 1.39 bits per heavy atom. The fraction of sp³-hybridized carbons (Fsp3) is 0.0870. The minimum absolute atomic E-state index is 0.0981. The third-order valence-electron chi connectivity index (χ3n) is 4.46. The van der Waals surface area contributed by atoms with Gasteiger partial charge in [0.1, 0.15) is 0 Å². The van der Waals surface area contributed by atoms with Gasteiger partial charge in [-0.1, -0.05) is 78.0 Å². The maximum atomic E-state index is 12.7. The van der Waals surface area contributed by atoms with Crippen molar-refractivity contribution >= 4 is 5.91 Å². The van der Waals surface area contributed by atoms with Crippen LogP contribution in [0.1, 0.15) is 16.2 Å². The second kappa shape index (κ2) is 7.88. The van der Waals surface area contributed by atoms with Crippen LogP contribution in [-0.2, 0) is 6.54 Å². The van der Waals surface area contributed by atoms with E-state index in [0.717, 1.165) is 16.7 Å². The van der Waals surface area contributed by atoms with Gasteiger partial charge in [-0.25, -0.2) is 0 Å². The van der Waals surface area contributed by atoms with Crippen molar-refractivity contribution in [1.82, 2.24) is 15.0 Å². The van der Waals surface area contributed by atoms with E-state index in [2.05, 4.69) is 10.1 Å². The number of carbonyl (C=O) groups excluding carboxylic acids is 1. The normalized spacial score (nSPS) is 10.6. The average molecular weight is 369 g/mol. The van der Waals surface area contributed by atoms with Gasteiger partial charge >= 0.3 is 0 Å². The molecular formula is C23H19N3O2. The van der Waals surface area contributed by atoms with Crippen LogP contribution in [0.15, 0.2) is 89.5 Å². The van der Waals surface area contributed by atoms with Gasteiger partial charge in [-0.3, -0.25) is 4.79 Å². The SMILES string of the molecule is CN(Cc1nc(-c2ccccc2)no1)C(=O)c1ccc(-c2ccccc2)cc1. The second-order valence-corrected chi connectivity index (χ2v) is 6.48. The first-order valence-corrected chi connectivity index (χ1v) is 8.99. The molecule has 0 aliphatic heterocycles. The maximum Gasteiger partial charge on any atom is 0.254 e. The highest BCUT2D eigenvalue weighted by Crippen LogP contribution is 2.20. The van der Waals surface area contributed by atoms with Crippen LogP contribution in [0.4, 0.5) is 0 Å². The van der Waals surface area contributed by atoms with Gasteiger partial charge in [-0.05, 0) is 23.3 Å². The van der Waals surface area contributed by atoms with Crippen molar-refractivity contribution in [3.8, 4) is 22.5 Å². The standard InChI is InChI=1S/C23H19N3O2/c1-26(16-21-24-22(25-28-21)19-10-6-3-7-11-19)23(27)20-14-12-18(13-15-20)17-8-4-2-5-9-17/h2-15H,16H2,1H3. The number of carbonyl (C=O) groups is 1.